The van der Waals surface area contributed by atoms with Crippen molar-refractivity contribution in [2.45, 2.75) is 19.3 Å². The van der Waals surface area contributed by atoms with Crippen molar-refractivity contribution in [3.8, 4) is 17.1 Å². The zero-order chi connectivity index (χ0) is 22.1. The number of H-pyrrole nitrogens is 1. The van der Waals surface area contributed by atoms with Gasteiger partial charge in [-0.05, 0) is 31.2 Å². The summed E-state index contributed by atoms with van der Waals surface area (Å²) in [6.45, 7) is 1.75. The van der Waals surface area contributed by atoms with Gasteiger partial charge in [0.25, 0.3) is 5.56 Å². The summed E-state index contributed by atoms with van der Waals surface area (Å²) in [7, 11) is 0. The van der Waals surface area contributed by atoms with Gasteiger partial charge in [-0.25, -0.2) is 9.59 Å². The molecule has 1 aliphatic rings. The van der Waals surface area contributed by atoms with E-state index in [0.717, 1.165) is 6.20 Å². The number of aromatic nitrogens is 1. The normalized spacial score (nSPS) is 15.1. The molecule has 9 nitrogen and oxygen atoms in total. The average Bonchev–Trinajstić information content (AvgIpc) is 3.23. The van der Waals surface area contributed by atoms with E-state index in [1.807, 2.05) is 0 Å². The molecule has 2 aromatic heterocycles. The Kier molecular flexibility index (Phi) is 5.16. The summed E-state index contributed by atoms with van der Waals surface area (Å²) >= 11 is 0. The van der Waals surface area contributed by atoms with E-state index in [-0.39, 0.29) is 35.5 Å². The number of hydrogen-bond donors (Lipinski definition) is 2. The Hall–Kier alpha value is -4.14. The largest absolute Gasteiger partial charge is 0.478 e. The van der Waals surface area contributed by atoms with E-state index in [2.05, 4.69) is 4.98 Å². The maximum Gasteiger partial charge on any atom is 0.343 e. The van der Waals surface area contributed by atoms with E-state index in [1.165, 1.54) is 12.1 Å². The monoisotopic (exact) mass is 423 g/mol. The molecule has 0 bridgehead atoms. The van der Waals surface area contributed by atoms with Crippen LogP contribution in [0.1, 0.15) is 51.3 Å². The number of aromatic carboxylic acids is 1. The Labute approximate surface area is 175 Å². The molecular formula is C22H17NO8. The molecule has 1 aliphatic heterocycles. The molecule has 158 valence electrons. The van der Waals surface area contributed by atoms with Crippen LogP contribution in [0.5, 0.6) is 5.75 Å². The lowest BCUT2D eigenvalue weighted by Crippen LogP contribution is -2.29. The smallest absolute Gasteiger partial charge is 0.343 e. The number of nitrogens with one attached hydrogen (secondary N) is 1. The molecule has 1 unspecified atom stereocenters. The van der Waals surface area contributed by atoms with Crippen LogP contribution in [0, 0.1) is 0 Å². The van der Waals surface area contributed by atoms with Crippen LogP contribution in [0.3, 0.4) is 0 Å². The number of ether oxygens (including phenoxy) is 2. The molecule has 2 N–H and O–H groups in total. The summed E-state index contributed by atoms with van der Waals surface area (Å²) in [6, 6.07) is 9.38. The molecule has 0 amide bonds. The number of carboxylic acids is 1. The summed E-state index contributed by atoms with van der Waals surface area (Å²) in [6.07, 6.45) is 1.01. The Morgan fingerprint density at radius 1 is 1.16 bits per heavy atom. The summed E-state index contributed by atoms with van der Waals surface area (Å²) in [4.78, 5) is 50.6. The minimum absolute atomic E-state index is 0.0504. The zero-order valence-electron chi connectivity index (χ0n) is 16.3. The van der Waals surface area contributed by atoms with Crippen molar-refractivity contribution in [2.24, 2.45) is 0 Å². The van der Waals surface area contributed by atoms with Crippen molar-refractivity contribution in [1.82, 2.24) is 4.98 Å². The summed E-state index contributed by atoms with van der Waals surface area (Å²) in [5, 5.41) is 9.03. The first-order valence-electron chi connectivity index (χ1n) is 9.46. The molecule has 4 rings (SSSR count). The van der Waals surface area contributed by atoms with Crippen LogP contribution in [0.25, 0.3) is 11.3 Å². The third kappa shape index (κ3) is 3.73. The minimum atomic E-state index is -1.04. The van der Waals surface area contributed by atoms with Gasteiger partial charge in [-0.1, -0.05) is 12.1 Å². The number of esters is 2. The van der Waals surface area contributed by atoms with Crippen LogP contribution in [0.15, 0.2) is 51.8 Å². The lowest BCUT2D eigenvalue weighted by Gasteiger charge is -2.23. The number of carboxylic acid groups (broad SMARTS) is 1. The fourth-order valence-electron chi connectivity index (χ4n) is 3.46. The Balaban J connectivity index is 1.75. The second-order valence-electron chi connectivity index (χ2n) is 6.81. The van der Waals surface area contributed by atoms with Gasteiger partial charge in [0.2, 0.25) is 0 Å². The lowest BCUT2D eigenvalue weighted by atomic mass is 9.90. The molecule has 0 radical (unpaired) electrons. The van der Waals surface area contributed by atoms with Crippen molar-refractivity contribution in [2.75, 3.05) is 6.61 Å². The second-order valence-corrected chi connectivity index (χ2v) is 6.81. The Bertz CT molecular complexity index is 1240. The van der Waals surface area contributed by atoms with E-state index in [4.69, 9.17) is 19.0 Å². The molecule has 0 spiro atoms. The number of hydrogen-bond acceptors (Lipinski definition) is 7. The number of aromatic amines is 1. The summed E-state index contributed by atoms with van der Waals surface area (Å²) in [5.41, 5.74) is 0.309. The van der Waals surface area contributed by atoms with Crippen LogP contribution in [0.2, 0.25) is 0 Å². The number of fused-ring (bicyclic) bond motifs is 1. The van der Waals surface area contributed by atoms with Crippen molar-refractivity contribution < 1.29 is 33.4 Å². The van der Waals surface area contributed by atoms with Gasteiger partial charge in [-0.15, -0.1) is 0 Å². The molecule has 3 heterocycles. The van der Waals surface area contributed by atoms with Crippen LogP contribution in [0.4, 0.5) is 0 Å². The van der Waals surface area contributed by atoms with Crippen LogP contribution in [-0.2, 0) is 9.53 Å². The highest BCUT2D eigenvalue weighted by Gasteiger charge is 2.36. The predicted octanol–water partition coefficient (Wildman–Crippen LogP) is 2.95. The SMILES string of the molecule is CCOC(=O)c1c[nH]c(=O)c2c1OC(=O)CC2c1ccc(-c2ccc(C(=O)O)cc2)o1. The molecule has 3 aromatic rings. The second kappa shape index (κ2) is 7.94. The van der Waals surface area contributed by atoms with Gasteiger partial charge >= 0.3 is 17.9 Å². The minimum Gasteiger partial charge on any atom is -0.478 e. The highest BCUT2D eigenvalue weighted by atomic mass is 16.5. The third-order valence-corrected chi connectivity index (χ3v) is 4.90. The highest BCUT2D eigenvalue weighted by molar-refractivity contribution is 5.94. The molecule has 0 saturated heterocycles. The van der Waals surface area contributed by atoms with Gasteiger partial charge in [0, 0.05) is 11.8 Å². The van der Waals surface area contributed by atoms with E-state index in [9.17, 15) is 19.2 Å². The van der Waals surface area contributed by atoms with Crippen LogP contribution in [-0.4, -0.2) is 34.6 Å². The van der Waals surface area contributed by atoms with E-state index >= 15 is 0 Å². The Morgan fingerprint density at radius 3 is 2.58 bits per heavy atom. The quantitative estimate of drug-likeness (QED) is 0.598. The number of rotatable bonds is 5. The molecule has 0 fully saturated rings. The molecular weight excluding hydrogens is 406 g/mol. The molecule has 0 saturated carbocycles. The van der Waals surface area contributed by atoms with Gasteiger partial charge in [-0.2, -0.15) is 0 Å². The van der Waals surface area contributed by atoms with Crippen molar-refractivity contribution in [1.29, 1.82) is 0 Å². The standard InChI is InChI=1S/C22H17NO8/c1-2-29-22(28)14-10-23-20(25)18-13(9-17(24)31-19(14)18)16-8-7-15(30-16)11-3-5-12(6-4-11)21(26)27/h3-8,10,13H,2,9H2,1H3,(H,23,25)(H,26,27). The fraction of sp³-hybridized carbons (Fsp3) is 0.182. The highest BCUT2D eigenvalue weighted by Crippen LogP contribution is 2.40. The number of benzene rings is 1. The van der Waals surface area contributed by atoms with Gasteiger partial charge in [0.15, 0.2) is 5.75 Å². The summed E-state index contributed by atoms with van der Waals surface area (Å²) in [5.74, 6) is -2.50. The van der Waals surface area contributed by atoms with Gasteiger partial charge < -0.3 is 24.0 Å². The van der Waals surface area contributed by atoms with E-state index < -0.39 is 29.4 Å². The van der Waals surface area contributed by atoms with Crippen LogP contribution >= 0.6 is 0 Å². The van der Waals surface area contributed by atoms with Crippen molar-refractivity contribution in [3.63, 3.8) is 0 Å². The maximum atomic E-state index is 12.6. The van der Waals surface area contributed by atoms with Gasteiger partial charge in [0.05, 0.1) is 30.1 Å². The zero-order valence-corrected chi connectivity index (χ0v) is 16.3. The predicted molar refractivity (Wildman–Crippen MR) is 106 cm³/mol. The summed E-state index contributed by atoms with van der Waals surface area (Å²) < 4.78 is 16.1. The number of pyridine rings is 1. The first-order valence-corrected chi connectivity index (χ1v) is 9.46. The first-order chi connectivity index (χ1) is 14.9. The van der Waals surface area contributed by atoms with Gasteiger partial charge in [0.1, 0.15) is 17.1 Å². The topological polar surface area (TPSA) is 136 Å². The molecule has 31 heavy (non-hydrogen) atoms. The van der Waals surface area contributed by atoms with Crippen molar-refractivity contribution in [3.05, 3.63) is 75.4 Å². The molecule has 9 heteroatoms. The number of furan rings is 1. The number of carbonyl (C=O) groups is 3. The number of carbonyl (C=O) groups excluding carboxylic acids is 2. The van der Waals surface area contributed by atoms with E-state index in [0.29, 0.717) is 17.1 Å². The molecule has 1 aromatic carbocycles. The first kappa shape index (κ1) is 20.1. The fourth-order valence-corrected chi connectivity index (χ4v) is 3.46. The van der Waals surface area contributed by atoms with Crippen molar-refractivity contribution >= 4 is 17.9 Å². The molecule has 0 aliphatic carbocycles. The molecule has 1 atom stereocenters. The van der Waals surface area contributed by atoms with Gasteiger partial charge in [-0.3, -0.25) is 9.59 Å². The third-order valence-electron chi connectivity index (χ3n) is 4.90. The van der Waals surface area contributed by atoms with E-state index in [1.54, 1.807) is 31.2 Å². The Morgan fingerprint density at radius 2 is 1.90 bits per heavy atom. The average molecular weight is 423 g/mol. The van der Waals surface area contributed by atoms with Crippen LogP contribution < -0.4 is 10.3 Å². The lowest BCUT2D eigenvalue weighted by molar-refractivity contribution is -0.135. The maximum absolute atomic E-state index is 12.6.